The maximum absolute atomic E-state index is 12.1. The van der Waals surface area contributed by atoms with Crippen LogP contribution in [0.4, 0.5) is 5.69 Å². The van der Waals surface area contributed by atoms with E-state index in [2.05, 4.69) is 15.6 Å². The Bertz CT molecular complexity index is 787. The van der Waals surface area contributed by atoms with Crippen molar-refractivity contribution in [2.75, 3.05) is 5.32 Å². The Hall–Kier alpha value is -2.84. The summed E-state index contributed by atoms with van der Waals surface area (Å²) in [6.45, 7) is 4.16. The maximum Gasteiger partial charge on any atom is 0.263 e. The Balaban J connectivity index is 2.07. The van der Waals surface area contributed by atoms with Crippen LogP contribution in [0, 0.1) is 25.2 Å². The number of anilines is 1. The van der Waals surface area contributed by atoms with Gasteiger partial charge in [-0.2, -0.15) is 5.26 Å². The standard InChI is InChI=1S/C18H17ClN4O/c1-12-6-13(2)17(16(19)7-12)22-11-15(8-20)18(24)23-10-14-4-3-5-21-9-14/h3-7,9,11,22H,10H2,1-2H3,(H,23,24)/b15-11-. The summed E-state index contributed by atoms with van der Waals surface area (Å²) in [4.78, 5) is 16.1. The van der Waals surface area contributed by atoms with Crippen LogP contribution in [0.5, 0.6) is 0 Å². The molecule has 0 unspecified atom stereocenters. The van der Waals surface area contributed by atoms with Gasteiger partial charge in [-0.05, 0) is 42.7 Å². The van der Waals surface area contributed by atoms with E-state index in [1.165, 1.54) is 6.20 Å². The summed E-state index contributed by atoms with van der Waals surface area (Å²) in [6.07, 6.45) is 4.68. The van der Waals surface area contributed by atoms with Crippen molar-refractivity contribution in [1.29, 1.82) is 5.26 Å². The molecule has 0 fully saturated rings. The molecule has 122 valence electrons. The van der Waals surface area contributed by atoms with E-state index in [0.29, 0.717) is 17.3 Å². The normalized spacial score (nSPS) is 10.8. The first-order chi connectivity index (χ1) is 11.5. The van der Waals surface area contributed by atoms with Crippen LogP contribution in [0.25, 0.3) is 0 Å². The molecule has 2 rings (SSSR count). The number of nitriles is 1. The number of aryl methyl sites for hydroxylation is 2. The number of benzene rings is 1. The zero-order valence-corrected chi connectivity index (χ0v) is 14.2. The Labute approximate surface area is 146 Å². The zero-order chi connectivity index (χ0) is 17.5. The van der Waals surface area contributed by atoms with Crippen LogP contribution in [0.2, 0.25) is 5.02 Å². The van der Waals surface area contributed by atoms with E-state index in [4.69, 9.17) is 11.6 Å². The monoisotopic (exact) mass is 340 g/mol. The van der Waals surface area contributed by atoms with E-state index in [1.807, 2.05) is 38.1 Å². The van der Waals surface area contributed by atoms with Crippen molar-refractivity contribution in [1.82, 2.24) is 10.3 Å². The van der Waals surface area contributed by atoms with Gasteiger partial charge in [0.05, 0.1) is 10.7 Å². The first-order valence-electron chi connectivity index (χ1n) is 7.32. The molecule has 1 amide bonds. The number of carbonyl (C=O) groups is 1. The summed E-state index contributed by atoms with van der Waals surface area (Å²) >= 11 is 6.20. The van der Waals surface area contributed by atoms with Crippen molar-refractivity contribution in [3.63, 3.8) is 0 Å². The van der Waals surface area contributed by atoms with Crippen LogP contribution in [-0.2, 0) is 11.3 Å². The highest BCUT2D eigenvalue weighted by Gasteiger charge is 2.10. The molecule has 0 spiro atoms. The van der Waals surface area contributed by atoms with E-state index in [1.54, 1.807) is 18.5 Å². The van der Waals surface area contributed by atoms with E-state index in [9.17, 15) is 10.1 Å². The lowest BCUT2D eigenvalue weighted by Gasteiger charge is -2.10. The number of halogens is 1. The maximum atomic E-state index is 12.1. The topological polar surface area (TPSA) is 77.8 Å². The molecule has 2 N–H and O–H groups in total. The fourth-order valence-electron chi connectivity index (χ4n) is 2.17. The average Bonchev–Trinajstić information content (AvgIpc) is 2.56. The SMILES string of the molecule is Cc1cc(C)c(N/C=C(/C#N)C(=O)NCc2cccnc2)c(Cl)c1. The third-order valence-electron chi connectivity index (χ3n) is 3.33. The molecule has 0 saturated heterocycles. The van der Waals surface area contributed by atoms with Crippen LogP contribution in [0.1, 0.15) is 16.7 Å². The van der Waals surface area contributed by atoms with Crippen molar-refractivity contribution in [3.05, 3.63) is 70.1 Å². The molecule has 0 saturated carbocycles. The van der Waals surface area contributed by atoms with Gasteiger partial charge in [0.15, 0.2) is 0 Å². The van der Waals surface area contributed by atoms with Crippen LogP contribution in [0.3, 0.4) is 0 Å². The van der Waals surface area contributed by atoms with Crippen molar-refractivity contribution < 1.29 is 4.79 Å². The molecule has 6 heteroatoms. The third kappa shape index (κ3) is 4.58. The van der Waals surface area contributed by atoms with Crippen LogP contribution < -0.4 is 10.6 Å². The van der Waals surface area contributed by atoms with E-state index in [0.717, 1.165) is 16.7 Å². The van der Waals surface area contributed by atoms with Gasteiger partial charge in [-0.1, -0.05) is 23.7 Å². The third-order valence-corrected chi connectivity index (χ3v) is 3.63. The van der Waals surface area contributed by atoms with E-state index >= 15 is 0 Å². The molecular formula is C18H17ClN4O. The van der Waals surface area contributed by atoms with Gasteiger partial charge in [-0.3, -0.25) is 9.78 Å². The predicted octanol–water partition coefficient (Wildman–Crippen LogP) is 3.49. The zero-order valence-electron chi connectivity index (χ0n) is 13.4. The number of aromatic nitrogens is 1. The number of amides is 1. The fourth-order valence-corrected chi connectivity index (χ4v) is 2.55. The second-order valence-electron chi connectivity index (χ2n) is 5.30. The second kappa shape index (κ2) is 8.14. The van der Waals surface area contributed by atoms with Gasteiger partial charge in [-0.25, -0.2) is 0 Å². The summed E-state index contributed by atoms with van der Waals surface area (Å²) in [7, 11) is 0. The number of hydrogen-bond donors (Lipinski definition) is 2. The minimum Gasteiger partial charge on any atom is -0.359 e. The quantitative estimate of drug-likeness (QED) is 0.645. The van der Waals surface area contributed by atoms with E-state index < -0.39 is 5.91 Å². The Morgan fingerprint density at radius 3 is 2.83 bits per heavy atom. The van der Waals surface area contributed by atoms with Gasteiger partial charge in [-0.15, -0.1) is 0 Å². The number of pyridine rings is 1. The highest BCUT2D eigenvalue weighted by atomic mass is 35.5. The van der Waals surface area contributed by atoms with Gasteiger partial charge in [0.1, 0.15) is 11.6 Å². The van der Waals surface area contributed by atoms with Gasteiger partial charge < -0.3 is 10.6 Å². The molecule has 0 atom stereocenters. The first kappa shape index (κ1) is 17.5. The molecule has 0 radical (unpaired) electrons. The Morgan fingerprint density at radius 2 is 2.21 bits per heavy atom. The molecule has 5 nitrogen and oxygen atoms in total. The average molecular weight is 341 g/mol. The molecule has 1 heterocycles. The fraction of sp³-hybridized carbons (Fsp3) is 0.167. The number of hydrogen-bond acceptors (Lipinski definition) is 4. The molecule has 0 aliphatic heterocycles. The van der Waals surface area contributed by atoms with Crippen molar-refractivity contribution >= 4 is 23.2 Å². The number of carbonyl (C=O) groups excluding carboxylic acids is 1. The smallest absolute Gasteiger partial charge is 0.263 e. The lowest BCUT2D eigenvalue weighted by molar-refractivity contribution is -0.117. The van der Waals surface area contributed by atoms with Crippen LogP contribution >= 0.6 is 11.6 Å². The van der Waals surface area contributed by atoms with Gasteiger partial charge in [0.2, 0.25) is 0 Å². The lowest BCUT2D eigenvalue weighted by atomic mass is 10.1. The number of nitrogens with zero attached hydrogens (tertiary/aromatic N) is 2. The summed E-state index contributed by atoms with van der Waals surface area (Å²) in [6, 6.07) is 9.30. The van der Waals surface area contributed by atoms with Crippen molar-refractivity contribution in [2.24, 2.45) is 0 Å². The van der Waals surface area contributed by atoms with E-state index in [-0.39, 0.29) is 5.57 Å². The Morgan fingerprint density at radius 1 is 1.42 bits per heavy atom. The highest BCUT2D eigenvalue weighted by molar-refractivity contribution is 6.33. The first-order valence-corrected chi connectivity index (χ1v) is 7.69. The van der Waals surface area contributed by atoms with Crippen molar-refractivity contribution in [3.8, 4) is 6.07 Å². The molecule has 0 bridgehead atoms. The number of nitrogens with one attached hydrogen (secondary N) is 2. The Kier molecular flexibility index (Phi) is 5.94. The summed E-state index contributed by atoms with van der Waals surface area (Å²) in [5.41, 5.74) is 3.48. The minimum absolute atomic E-state index is 0.0325. The summed E-state index contributed by atoms with van der Waals surface area (Å²) < 4.78 is 0. The van der Waals surface area contributed by atoms with Gasteiger partial charge >= 0.3 is 0 Å². The molecule has 0 aliphatic carbocycles. The lowest BCUT2D eigenvalue weighted by Crippen LogP contribution is -2.24. The summed E-state index contributed by atoms with van der Waals surface area (Å²) in [5, 5.41) is 15.4. The minimum atomic E-state index is -0.463. The van der Waals surface area contributed by atoms with Crippen LogP contribution in [-0.4, -0.2) is 10.9 Å². The summed E-state index contributed by atoms with van der Waals surface area (Å²) in [5.74, 6) is -0.463. The van der Waals surface area contributed by atoms with Crippen LogP contribution in [0.15, 0.2) is 48.4 Å². The molecule has 1 aromatic heterocycles. The molecule has 0 aliphatic rings. The number of rotatable bonds is 5. The van der Waals surface area contributed by atoms with Crippen molar-refractivity contribution in [2.45, 2.75) is 20.4 Å². The predicted molar refractivity (Wildman–Crippen MR) is 94.3 cm³/mol. The molecule has 2 aromatic rings. The molecule has 1 aromatic carbocycles. The van der Waals surface area contributed by atoms with Gasteiger partial charge in [0, 0.05) is 25.1 Å². The van der Waals surface area contributed by atoms with Gasteiger partial charge in [0.25, 0.3) is 5.91 Å². The highest BCUT2D eigenvalue weighted by Crippen LogP contribution is 2.27. The molecule has 24 heavy (non-hydrogen) atoms. The largest absolute Gasteiger partial charge is 0.359 e. The molecular weight excluding hydrogens is 324 g/mol. The second-order valence-corrected chi connectivity index (χ2v) is 5.70.